The van der Waals surface area contributed by atoms with Crippen LogP contribution in [0.15, 0.2) is 24.3 Å². The highest BCUT2D eigenvalue weighted by molar-refractivity contribution is 6.58. The molecule has 0 aliphatic carbocycles. The standard InChI is InChI=1S/C16H27BO3/c1-13(2)6-4-7-14(3)10-11-20-16-9-5-8-15(12-16)17(18)19/h5,8-9,12-14,18-19H,4,6-7,10-11H2,1-3H3/t14-/m1/s1. The van der Waals surface area contributed by atoms with Crippen LogP contribution in [0.1, 0.15) is 46.5 Å². The molecule has 0 spiro atoms. The average Bonchev–Trinajstić information content (AvgIpc) is 2.38. The summed E-state index contributed by atoms with van der Waals surface area (Å²) in [6, 6.07) is 6.96. The summed E-state index contributed by atoms with van der Waals surface area (Å²) in [5.74, 6) is 2.15. The maximum atomic E-state index is 9.10. The number of benzene rings is 1. The topological polar surface area (TPSA) is 49.7 Å². The lowest BCUT2D eigenvalue weighted by Crippen LogP contribution is -2.29. The van der Waals surface area contributed by atoms with Crippen LogP contribution in [0.25, 0.3) is 0 Å². The van der Waals surface area contributed by atoms with Crippen molar-refractivity contribution in [2.75, 3.05) is 6.61 Å². The molecule has 0 aromatic heterocycles. The van der Waals surface area contributed by atoms with Gasteiger partial charge < -0.3 is 14.8 Å². The van der Waals surface area contributed by atoms with Crippen molar-refractivity contribution in [2.24, 2.45) is 11.8 Å². The normalized spacial score (nSPS) is 12.5. The third-order valence-corrected chi connectivity index (χ3v) is 3.51. The van der Waals surface area contributed by atoms with Crippen LogP contribution in [0.4, 0.5) is 0 Å². The lowest BCUT2D eigenvalue weighted by molar-refractivity contribution is 0.276. The molecular formula is C16H27BO3. The molecule has 1 rings (SSSR count). The van der Waals surface area contributed by atoms with Gasteiger partial charge in [-0.3, -0.25) is 0 Å². The van der Waals surface area contributed by atoms with Crippen molar-refractivity contribution in [3.05, 3.63) is 24.3 Å². The number of ether oxygens (including phenoxy) is 1. The molecule has 0 aliphatic heterocycles. The van der Waals surface area contributed by atoms with E-state index in [9.17, 15) is 0 Å². The molecule has 0 saturated heterocycles. The first kappa shape index (κ1) is 17.1. The summed E-state index contributed by atoms with van der Waals surface area (Å²) in [6.07, 6.45) is 4.85. The van der Waals surface area contributed by atoms with Gasteiger partial charge in [-0.1, -0.05) is 52.2 Å². The predicted molar refractivity (Wildman–Crippen MR) is 84.2 cm³/mol. The fraction of sp³-hybridized carbons (Fsp3) is 0.625. The van der Waals surface area contributed by atoms with Crippen molar-refractivity contribution in [3.8, 4) is 5.75 Å². The molecule has 3 nitrogen and oxygen atoms in total. The third-order valence-electron chi connectivity index (χ3n) is 3.51. The van der Waals surface area contributed by atoms with Gasteiger partial charge in [-0.25, -0.2) is 0 Å². The van der Waals surface area contributed by atoms with Crippen LogP contribution in [0, 0.1) is 11.8 Å². The van der Waals surface area contributed by atoms with Crippen molar-refractivity contribution in [1.82, 2.24) is 0 Å². The molecule has 0 fully saturated rings. The van der Waals surface area contributed by atoms with Crippen LogP contribution < -0.4 is 10.2 Å². The van der Waals surface area contributed by atoms with Gasteiger partial charge in [-0.05, 0) is 35.9 Å². The molecule has 2 N–H and O–H groups in total. The zero-order valence-corrected chi connectivity index (χ0v) is 12.9. The molecule has 112 valence electrons. The van der Waals surface area contributed by atoms with Crippen molar-refractivity contribution < 1.29 is 14.8 Å². The van der Waals surface area contributed by atoms with E-state index in [2.05, 4.69) is 20.8 Å². The summed E-state index contributed by atoms with van der Waals surface area (Å²) in [7, 11) is -1.44. The van der Waals surface area contributed by atoms with Crippen LogP contribution in [-0.2, 0) is 0 Å². The lowest BCUT2D eigenvalue weighted by atomic mass is 9.80. The van der Waals surface area contributed by atoms with Crippen molar-refractivity contribution in [3.63, 3.8) is 0 Å². The molecule has 4 heteroatoms. The minimum absolute atomic E-state index is 0.465. The Morgan fingerprint density at radius 2 is 1.85 bits per heavy atom. The van der Waals surface area contributed by atoms with Gasteiger partial charge in [0.05, 0.1) is 6.61 Å². The minimum Gasteiger partial charge on any atom is -0.494 e. The Morgan fingerprint density at radius 1 is 1.10 bits per heavy atom. The lowest BCUT2D eigenvalue weighted by Gasteiger charge is -2.13. The van der Waals surface area contributed by atoms with E-state index in [0.717, 1.165) is 12.3 Å². The number of hydrogen-bond acceptors (Lipinski definition) is 3. The van der Waals surface area contributed by atoms with Gasteiger partial charge in [0.25, 0.3) is 0 Å². The van der Waals surface area contributed by atoms with Gasteiger partial charge in [0, 0.05) is 0 Å². The van der Waals surface area contributed by atoms with E-state index in [1.807, 2.05) is 6.07 Å². The van der Waals surface area contributed by atoms with Crippen LogP contribution in [0.2, 0.25) is 0 Å². The first-order chi connectivity index (χ1) is 9.49. The van der Waals surface area contributed by atoms with Gasteiger partial charge in [-0.2, -0.15) is 0 Å². The fourth-order valence-electron chi connectivity index (χ4n) is 2.16. The summed E-state index contributed by atoms with van der Waals surface area (Å²) < 4.78 is 5.67. The molecule has 0 aliphatic rings. The third kappa shape index (κ3) is 6.97. The SMILES string of the molecule is CC(C)CCC[C@@H](C)CCOc1cccc(B(O)O)c1. The van der Waals surface area contributed by atoms with Crippen molar-refractivity contribution >= 4 is 12.6 Å². The molecule has 0 bridgehead atoms. The highest BCUT2D eigenvalue weighted by Gasteiger charge is 2.11. The smallest absolute Gasteiger partial charge is 0.488 e. The molecule has 1 aromatic carbocycles. The van der Waals surface area contributed by atoms with Crippen LogP contribution in [-0.4, -0.2) is 23.8 Å². The first-order valence-electron chi connectivity index (χ1n) is 7.58. The van der Waals surface area contributed by atoms with Gasteiger partial charge in [0.1, 0.15) is 5.75 Å². The maximum Gasteiger partial charge on any atom is 0.488 e. The van der Waals surface area contributed by atoms with E-state index < -0.39 is 7.12 Å². The number of rotatable bonds is 9. The molecule has 1 atom stereocenters. The summed E-state index contributed by atoms with van der Waals surface area (Å²) in [5, 5.41) is 18.2. The van der Waals surface area contributed by atoms with Gasteiger partial charge in [0.2, 0.25) is 0 Å². The minimum atomic E-state index is -1.44. The predicted octanol–water partition coefficient (Wildman–Crippen LogP) is 2.60. The van der Waals surface area contributed by atoms with Crippen molar-refractivity contribution in [2.45, 2.75) is 46.5 Å². The maximum absolute atomic E-state index is 9.10. The van der Waals surface area contributed by atoms with Crippen LogP contribution in [0.5, 0.6) is 5.75 Å². The van der Waals surface area contributed by atoms with E-state index in [1.54, 1.807) is 18.2 Å². The van der Waals surface area contributed by atoms with Gasteiger partial charge in [-0.15, -0.1) is 0 Å². The van der Waals surface area contributed by atoms with Gasteiger partial charge >= 0.3 is 7.12 Å². The fourth-order valence-corrected chi connectivity index (χ4v) is 2.16. The van der Waals surface area contributed by atoms with E-state index in [0.29, 0.717) is 23.7 Å². The molecule has 0 unspecified atom stereocenters. The second kappa shape index (κ2) is 9.04. The number of hydrogen-bond donors (Lipinski definition) is 2. The zero-order valence-electron chi connectivity index (χ0n) is 12.9. The summed E-state index contributed by atoms with van der Waals surface area (Å²) in [5.41, 5.74) is 0.465. The van der Waals surface area contributed by atoms with E-state index in [1.165, 1.54) is 19.3 Å². The Kier molecular flexibility index (Phi) is 7.71. The summed E-state index contributed by atoms with van der Waals surface area (Å²) >= 11 is 0. The van der Waals surface area contributed by atoms with Gasteiger partial charge in [0.15, 0.2) is 0 Å². The second-order valence-electron chi connectivity index (χ2n) is 6.01. The second-order valence-corrected chi connectivity index (χ2v) is 6.01. The quantitative estimate of drug-likeness (QED) is 0.683. The first-order valence-corrected chi connectivity index (χ1v) is 7.58. The largest absolute Gasteiger partial charge is 0.494 e. The van der Waals surface area contributed by atoms with Crippen LogP contribution in [0.3, 0.4) is 0 Å². The Hall–Kier alpha value is -0.995. The van der Waals surface area contributed by atoms with Crippen LogP contribution >= 0.6 is 0 Å². The monoisotopic (exact) mass is 278 g/mol. The Morgan fingerprint density at radius 3 is 2.50 bits per heavy atom. The Balaban J connectivity index is 2.24. The Bertz CT molecular complexity index is 380. The highest BCUT2D eigenvalue weighted by Crippen LogP contribution is 2.16. The zero-order chi connectivity index (χ0) is 15.0. The Labute approximate surface area is 123 Å². The van der Waals surface area contributed by atoms with Crippen molar-refractivity contribution in [1.29, 1.82) is 0 Å². The van der Waals surface area contributed by atoms with E-state index in [-0.39, 0.29) is 0 Å². The molecule has 0 saturated carbocycles. The van der Waals surface area contributed by atoms with E-state index in [4.69, 9.17) is 14.8 Å². The molecule has 0 radical (unpaired) electrons. The highest BCUT2D eigenvalue weighted by atomic mass is 16.5. The summed E-state index contributed by atoms with van der Waals surface area (Å²) in [6.45, 7) is 7.46. The average molecular weight is 278 g/mol. The molecule has 0 amide bonds. The molecule has 20 heavy (non-hydrogen) atoms. The molecular weight excluding hydrogens is 251 g/mol. The molecule has 1 aromatic rings. The summed E-state index contributed by atoms with van der Waals surface area (Å²) in [4.78, 5) is 0. The molecule has 0 heterocycles. The van der Waals surface area contributed by atoms with E-state index >= 15 is 0 Å².